The second-order valence-corrected chi connectivity index (χ2v) is 7.89. The van der Waals surface area contributed by atoms with E-state index in [0.29, 0.717) is 0 Å². The van der Waals surface area contributed by atoms with Crippen molar-refractivity contribution in [3.8, 4) is 0 Å². The van der Waals surface area contributed by atoms with Crippen molar-refractivity contribution in [2.75, 3.05) is 0 Å². The number of aromatic nitrogens is 12. The maximum Gasteiger partial charge on any atom is 0.151 e. The molecule has 12 nitrogen and oxygen atoms in total. The van der Waals surface area contributed by atoms with Crippen LogP contribution in [0, 0.1) is 0 Å². The smallest absolute Gasteiger partial charge is 0.151 e. The Morgan fingerprint density at radius 3 is 1.07 bits per heavy atom. The molecule has 0 aliphatic carbocycles. The van der Waals surface area contributed by atoms with Gasteiger partial charge in [0.25, 0.3) is 0 Å². The molecule has 0 spiro atoms. The predicted molar refractivity (Wildman–Crippen MR) is 106 cm³/mol. The second kappa shape index (κ2) is 10.8. The quantitative estimate of drug-likeness (QED) is 0.532. The SMILES string of the molecule is C1CCc2nnnn2CC1.C1CCc2nnnn2CC1.C1CCc2nnnn2CC1. The molecule has 0 radical (unpaired) electrons. The van der Waals surface area contributed by atoms with E-state index in [1.807, 2.05) is 14.0 Å². The van der Waals surface area contributed by atoms with E-state index in [9.17, 15) is 0 Å². The van der Waals surface area contributed by atoms with Crippen molar-refractivity contribution in [1.29, 1.82) is 0 Å². The Labute approximate surface area is 175 Å². The number of rotatable bonds is 0. The molecule has 30 heavy (non-hydrogen) atoms. The van der Waals surface area contributed by atoms with Crippen LogP contribution in [0.3, 0.4) is 0 Å². The van der Waals surface area contributed by atoms with Crippen LogP contribution in [0.25, 0.3) is 0 Å². The van der Waals surface area contributed by atoms with Gasteiger partial charge in [-0.1, -0.05) is 19.3 Å². The summed E-state index contributed by atoms with van der Waals surface area (Å²) in [4.78, 5) is 0. The molecule has 3 aromatic rings. The van der Waals surface area contributed by atoms with Gasteiger partial charge in [0.2, 0.25) is 0 Å². The van der Waals surface area contributed by atoms with Gasteiger partial charge in [0.1, 0.15) is 0 Å². The van der Waals surface area contributed by atoms with Gasteiger partial charge in [-0.15, -0.1) is 15.3 Å². The van der Waals surface area contributed by atoms with E-state index in [-0.39, 0.29) is 0 Å². The molecule has 6 heterocycles. The minimum atomic E-state index is 1.00. The van der Waals surface area contributed by atoms with Gasteiger partial charge in [-0.05, 0) is 69.8 Å². The van der Waals surface area contributed by atoms with Gasteiger partial charge in [-0.3, -0.25) is 0 Å². The maximum absolute atomic E-state index is 3.92. The van der Waals surface area contributed by atoms with Gasteiger partial charge >= 0.3 is 0 Å². The van der Waals surface area contributed by atoms with E-state index in [1.54, 1.807) is 0 Å². The maximum atomic E-state index is 3.92. The first-order valence-electron chi connectivity index (χ1n) is 11.2. The first-order valence-corrected chi connectivity index (χ1v) is 11.2. The molecule has 6 rings (SSSR count). The molecular weight excluding hydrogens is 384 g/mol. The summed E-state index contributed by atoms with van der Waals surface area (Å²) < 4.78 is 5.73. The monoisotopic (exact) mass is 414 g/mol. The highest BCUT2D eigenvalue weighted by Crippen LogP contribution is 2.10. The molecule has 3 aromatic heterocycles. The number of hydrogen-bond acceptors (Lipinski definition) is 9. The molecule has 3 aliphatic heterocycles. The summed E-state index contributed by atoms with van der Waals surface area (Å²) in [7, 11) is 0. The van der Waals surface area contributed by atoms with Gasteiger partial charge in [0.05, 0.1) is 0 Å². The Hall–Kier alpha value is -2.79. The first kappa shape index (κ1) is 20.5. The fourth-order valence-corrected chi connectivity index (χ4v) is 3.89. The normalized spacial score (nSPS) is 18.0. The zero-order valence-electron chi connectivity index (χ0n) is 17.5. The summed E-state index contributed by atoms with van der Waals surface area (Å²) >= 11 is 0. The second-order valence-electron chi connectivity index (χ2n) is 7.89. The predicted octanol–water partition coefficient (Wildman–Crippen LogP) is 1.20. The van der Waals surface area contributed by atoms with Crippen molar-refractivity contribution >= 4 is 0 Å². The molecule has 0 N–H and O–H groups in total. The number of aryl methyl sites for hydroxylation is 6. The van der Waals surface area contributed by atoms with Crippen LogP contribution >= 0.6 is 0 Å². The Balaban J connectivity index is 0.000000109. The summed E-state index contributed by atoms with van der Waals surface area (Å²) in [6, 6.07) is 0. The van der Waals surface area contributed by atoms with Crippen LogP contribution in [0.2, 0.25) is 0 Å². The third kappa shape index (κ3) is 5.63. The van der Waals surface area contributed by atoms with Gasteiger partial charge in [-0.25, -0.2) is 14.0 Å². The average Bonchev–Trinajstić information content (AvgIpc) is 3.40. The molecule has 0 saturated carbocycles. The molecule has 3 aliphatic rings. The van der Waals surface area contributed by atoms with E-state index in [2.05, 4.69) is 46.6 Å². The lowest BCUT2D eigenvalue weighted by atomic mass is 10.2. The third-order valence-electron chi connectivity index (χ3n) is 5.63. The van der Waals surface area contributed by atoms with Crippen molar-refractivity contribution in [2.45, 2.75) is 96.7 Å². The van der Waals surface area contributed by atoms with Gasteiger partial charge in [0, 0.05) is 38.9 Å². The molecule has 0 aromatic carbocycles. The summed E-state index contributed by atoms with van der Waals surface area (Å²) in [5.74, 6) is 3.16. The van der Waals surface area contributed by atoms with Gasteiger partial charge in [0.15, 0.2) is 17.5 Å². The van der Waals surface area contributed by atoms with E-state index in [0.717, 1.165) is 56.4 Å². The Kier molecular flexibility index (Phi) is 7.40. The Morgan fingerprint density at radius 2 is 0.733 bits per heavy atom. The van der Waals surface area contributed by atoms with Crippen molar-refractivity contribution in [2.24, 2.45) is 0 Å². The molecular formula is C18H30N12. The van der Waals surface area contributed by atoms with Crippen molar-refractivity contribution in [3.05, 3.63) is 17.5 Å². The summed E-state index contributed by atoms with van der Waals surface area (Å²) in [5.41, 5.74) is 0. The number of tetrazole rings is 3. The van der Waals surface area contributed by atoms with Crippen LogP contribution in [0.5, 0.6) is 0 Å². The molecule has 12 heteroatoms. The lowest BCUT2D eigenvalue weighted by Crippen LogP contribution is -2.02. The Morgan fingerprint density at radius 1 is 0.400 bits per heavy atom. The van der Waals surface area contributed by atoms with Crippen LogP contribution in [0.4, 0.5) is 0 Å². The van der Waals surface area contributed by atoms with Crippen molar-refractivity contribution in [3.63, 3.8) is 0 Å². The summed E-state index contributed by atoms with van der Waals surface area (Å²) in [5, 5.41) is 34.2. The number of hydrogen-bond donors (Lipinski definition) is 0. The molecule has 0 amide bonds. The highest BCUT2D eigenvalue weighted by atomic mass is 15.6. The van der Waals surface area contributed by atoms with Crippen LogP contribution in [0.1, 0.15) is 75.3 Å². The zero-order valence-corrected chi connectivity index (χ0v) is 17.5. The van der Waals surface area contributed by atoms with Gasteiger partial charge in [-0.2, -0.15) is 0 Å². The van der Waals surface area contributed by atoms with Crippen LogP contribution in [-0.2, 0) is 38.9 Å². The lowest BCUT2D eigenvalue weighted by molar-refractivity contribution is 0.556. The van der Waals surface area contributed by atoms with Crippen LogP contribution in [0.15, 0.2) is 0 Å². The average molecular weight is 415 g/mol. The highest BCUT2D eigenvalue weighted by molar-refractivity contribution is 4.83. The van der Waals surface area contributed by atoms with E-state index in [1.165, 1.54) is 57.8 Å². The fraction of sp³-hybridized carbons (Fsp3) is 0.833. The lowest BCUT2D eigenvalue weighted by Gasteiger charge is -1.94. The largest absolute Gasteiger partial charge is 0.230 e. The van der Waals surface area contributed by atoms with E-state index in [4.69, 9.17) is 0 Å². The highest BCUT2D eigenvalue weighted by Gasteiger charge is 2.10. The van der Waals surface area contributed by atoms with Crippen LogP contribution in [-0.4, -0.2) is 60.6 Å². The van der Waals surface area contributed by atoms with E-state index >= 15 is 0 Å². The summed E-state index contributed by atoms with van der Waals surface area (Å²) in [6.07, 6.45) is 14.4. The third-order valence-corrected chi connectivity index (χ3v) is 5.63. The topological polar surface area (TPSA) is 131 Å². The van der Waals surface area contributed by atoms with Crippen molar-refractivity contribution in [1.82, 2.24) is 60.6 Å². The molecule has 0 bridgehead atoms. The number of nitrogens with zero attached hydrogens (tertiary/aromatic N) is 12. The van der Waals surface area contributed by atoms with Crippen molar-refractivity contribution < 1.29 is 0 Å². The van der Waals surface area contributed by atoms with Crippen LogP contribution < -0.4 is 0 Å². The molecule has 0 unspecified atom stereocenters. The molecule has 0 atom stereocenters. The molecule has 0 saturated heterocycles. The standard InChI is InChI=1S/3C6H10N4/c3*1-2-4-6-7-8-9-10(6)5-3-1/h3*1-5H2. The zero-order chi connectivity index (χ0) is 20.4. The minimum Gasteiger partial charge on any atom is -0.230 e. The van der Waals surface area contributed by atoms with E-state index < -0.39 is 0 Å². The van der Waals surface area contributed by atoms with Gasteiger partial charge < -0.3 is 0 Å². The minimum absolute atomic E-state index is 1.00. The number of fused-ring (bicyclic) bond motifs is 3. The molecule has 162 valence electrons. The summed E-state index contributed by atoms with van der Waals surface area (Å²) in [6.45, 7) is 3.01. The molecule has 0 fully saturated rings. The Bertz CT molecular complexity index is 705. The fourth-order valence-electron chi connectivity index (χ4n) is 3.89. The first-order chi connectivity index (χ1) is 14.9.